The van der Waals surface area contributed by atoms with Gasteiger partial charge >= 0.3 is 0 Å². The molecule has 0 atom stereocenters. The van der Waals surface area contributed by atoms with Crippen molar-refractivity contribution < 1.29 is 9.18 Å². The summed E-state index contributed by atoms with van der Waals surface area (Å²) in [5.41, 5.74) is 0.552. The van der Waals surface area contributed by atoms with E-state index in [1.165, 1.54) is 46.0 Å². The van der Waals surface area contributed by atoms with Gasteiger partial charge in [0.2, 0.25) is 5.91 Å². The fourth-order valence-electron chi connectivity index (χ4n) is 2.23. The van der Waals surface area contributed by atoms with E-state index in [-0.39, 0.29) is 29.2 Å². The van der Waals surface area contributed by atoms with Crippen molar-refractivity contribution in [3.8, 4) is 5.69 Å². The lowest BCUT2D eigenvalue weighted by atomic mass is 10.3. The van der Waals surface area contributed by atoms with Crippen molar-refractivity contribution >= 4 is 16.9 Å². The maximum absolute atomic E-state index is 13.0. The molecule has 0 saturated heterocycles. The van der Waals surface area contributed by atoms with Crippen LogP contribution in [0.5, 0.6) is 0 Å². The molecule has 1 amide bonds. The highest BCUT2D eigenvalue weighted by Crippen LogP contribution is 2.13. The Balaban J connectivity index is 1.96. The largest absolute Gasteiger partial charge is 0.351 e. The molecule has 2 aromatic heterocycles. The molecule has 0 fully saturated rings. The van der Waals surface area contributed by atoms with E-state index in [1.807, 2.05) is 0 Å². The lowest BCUT2D eigenvalue weighted by molar-refractivity contribution is -0.121. The number of aromatic nitrogens is 4. The van der Waals surface area contributed by atoms with Crippen LogP contribution in [0.25, 0.3) is 16.7 Å². The molecule has 3 aromatic rings. The van der Waals surface area contributed by atoms with Crippen LogP contribution in [0.1, 0.15) is 0 Å². The highest BCUT2D eigenvalue weighted by atomic mass is 19.1. The quantitative estimate of drug-likeness (QED) is 0.710. The van der Waals surface area contributed by atoms with Gasteiger partial charge in [-0.25, -0.2) is 14.1 Å². The number of hydrogen-bond acceptors (Lipinski definition) is 4. The molecule has 2 heterocycles. The predicted molar refractivity (Wildman–Crippen MR) is 86.3 cm³/mol. The third-order valence-electron chi connectivity index (χ3n) is 3.38. The fraction of sp³-hybridized carbons (Fsp3) is 0.125. The van der Waals surface area contributed by atoms with Crippen LogP contribution < -0.4 is 10.9 Å². The molecule has 122 valence electrons. The molecule has 8 heteroatoms. The van der Waals surface area contributed by atoms with Gasteiger partial charge in [0.05, 0.1) is 11.9 Å². The van der Waals surface area contributed by atoms with E-state index in [9.17, 15) is 14.0 Å². The average molecular weight is 327 g/mol. The minimum Gasteiger partial charge on any atom is -0.351 e. The van der Waals surface area contributed by atoms with Gasteiger partial charge in [0.15, 0.2) is 5.65 Å². The van der Waals surface area contributed by atoms with E-state index >= 15 is 0 Å². The first-order chi connectivity index (χ1) is 11.6. The number of hydrogen-bond donors (Lipinski definition) is 1. The summed E-state index contributed by atoms with van der Waals surface area (Å²) in [4.78, 5) is 28.4. The standard InChI is InChI=1S/C16H14FN5O2/c1-2-7-18-14(23)9-21-10-19-15-13(16(21)24)8-20-22(15)12-5-3-11(17)4-6-12/h2-6,8,10H,1,7,9H2,(H,18,23). The van der Waals surface area contributed by atoms with Crippen molar-refractivity contribution in [3.05, 3.63) is 65.6 Å². The molecule has 1 N–H and O–H groups in total. The zero-order valence-corrected chi connectivity index (χ0v) is 12.6. The maximum Gasteiger partial charge on any atom is 0.264 e. The SMILES string of the molecule is C=CCNC(=O)Cn1cnc2c(cnn2-c2ccc(F)cc2)c1=O. The van der Waals surface area contributed by atoms with Gasteiger partial charge in [0, 0.05) is 6.54 Å². The Morgan fingerprint density at radius 3 is 2.79 bits per heavy atom. The zero-order chi connectivity index (χ0) is 17.1. The summed E-state index contributed by atoms with van der Waals surface area (Å²) < 4.78 is 15.7. The first kappa shape index (κ1) is 15.6. The van der Waals surface area contributed by atoms with E-state index in [4.69, 9.17) is 0 Å². The zero-order valence-electron chi connectivity index (χ0n) is 12.6. The van der Waals surface area contributed by atoms with E-state index < -0.39 is 0 Å². The highest BCUT2D eigenvalue weighted by molar-refractivity contribution is 5.77. The lowest BCUT2D eigenvalue weighted by Crippen LogP contribution is -2.32. The third-order valence-corrected chi connectivity index (χ3v) is 3.38. The number of carbonyl (C=O) groups is 1. The minimum absolute atomic E-state index is 0.142. The van der Waals surface area contributed by atoms with Gasteiger partial charge in [0.1, 0.15) is 24.1 Å². The number of fused-ring (bicyclic) bond motifs is 1. The van der Waals surface area contributed by atoms with Gasteiger partial charge in [0.25, 0.3) is 5.56 Å². The van der Waals surface area contributed by atoms with Gasteiger partial charge in [-0.05, 0) is 24.3 Å². The monoisotopic (exact) mass is 327 g/mol. The van der Waals surface area contributed by atoms with Crippen molar-refractivity contribution in [3.63, 3.8) is 0 Å². The molecule has 7 nitrogen and oxygen atoms in total. The van der Waals surface area contributed by atoms with Crippen molar-refractivity contribution in [1.29, 1.82) is 0 Å². The summed E-state index contributed by atoms with van der Waals surface area (Å²) in [6, 6.07) is 5.68. The van der Waals surface area contributed by atoms with Crippen molar-refractivity contribution in [2.45, 2.75) is 6.54 Å². The molecule has 0 aliphatic rings. The average Bonchev–Trinajstić information content (AvgIpc) is 3.01. The minimum atomic E-state index is -0.373. The van der Waals surface area contributed by atoms with Gasteiger partial charge in [-0.15, -0.1) is 6.58 Å². The molecule has 3 rings (SSSR count). The number of nitrogens with zero attached hydrogens (tertiary/aromatic N) is 4. The van der Waals surface area contributed by atoms with E-state index in [0.29, 0.717) is 17.9 Å². The van der Waals surface area contributed by atoms with Crippen LogP contribution in [0, 0.1) is 5.82 Å². The molecule has 1 aromatic carbocycles. The molecular formula is C16H14FN5O2. The second-order valence-corrected chi connectivity index (χ2v) is 5.04. The summed E-state index contributed by atoms with van der Waals surface area (Å²) in [5, 5.41) is 7.00. The molecule has 0 unspecified atom stereocenters. The first-order valence-corrected chi connectivity index (χ1v) is 7.17. The van der Waals surface area contributed by atoms with E-state index in [2.05, 4.69) is 22.0 Å². The fourth-order valence-corrected chi connectivity index (χ4v) is 2.23. The summed E-state index contributed by atoms with van der Waals surface area (Å²) >= 11 is 0. The van der Waals surface area contributed by atoms with E-state index in [0.717, 1.165) is 0 Å². The predicted octanol–water partition coefficient (Wildman–Crippen LogP) is 1.02. The number of benzene rings is 1. The lowest BCUT2D eigenvalue weighted by Gasteiger charge is -2.06. The summed E-state index contributed by atoms with van der Waals surface area (Å²) in [6.45, 7) is 3.69. The van der Waals surface area contributed by atoms with Crippen molar-refractivity contribution in [1.82, 2.24) is 24.6 Å². The third kappa shape index (κ3) is 2.94. The second kappa shape index (κ2) is 6.45. The number of amides is 1. The Morgan fingerprint density at radius 2 is 2.08 bits per heavy atom. The van der Waals surface area contributed by atoms with Gasteiger partial charge < -0.3 is 5.32 Å². The summed E-state index contributed by atoms with van der Waals surface area (Å²) in [7, 11) is 0. The van der Waals surface area contributed by atoms with Crippen LogP contribution in [-0.4, -0.2) is 31.8 Å². The maximum atomic E-state index is 13.0. The molecule has 0 aliphatic heterocycles. The molecular weight excluding hydrogens is 313 g/mol. The van der Waals surface area contributed by atoms with Gasteiger partial charge in [-0.2, -0.15) is 5.10 Å². The second-order valence-electron chi connectivity index (χ2n) is 5.04. The number of carbonyl (C=O) groups excluding carboxylic acids is 1. The van der Waals surface area contributed by atoms with Crippen LogP contribution in [0.15, 0.2) is 54.2 Å². The topological polar surface area (TPSA) is 81.8 Å². The molecule has 0 spiro atoms. The smallest absolute Gasteiger partial charge is 0.264 e. The number of rotatable bonds is 5. The number of halogens is 1. The Labute approximate surface area is 136 Å². The summed E-state index contributed by atoms with van der Waals surface area (Å²) in [6.07, 6.45) is 4.22. The van der Waals surface area contributed by atoms with E-state index in [1.54, 1.807) is 6.08 Å². The first-order valence-electron chi connectivity index (χ1n) is 7.17. The van der Waals surface area contributed by atoms with Gasteiger partial charge in [-0.3, -0.25) is 14.2 Å². The molecule has 24 heavy (non-hydrogen) atoms. The Bertz CT molecular complexity index is 959. The van der Waals surface area contributed by atoms with Crippen LogP contribution in [0.2, 0.25) is 0 Å². The van der Waals surface area contributed by atoms with Gasteiger partial charge in [-0.1, -0.05) is 6.08 Å². The molecule has 0 saturated carbocycles. The Hall–Kier alpha value is -3.29. The van der Waals surface area contributed by atoms with Crippen LogP contribution in [0.3, 0.4) is 0 Å². The molecule has 0 bridgehead atoms. The van der Waals surface area contributed by atoms with Crippen molar-refractivity contribution in [2.75, 3.05) is 6.54 Å². The summed E-state index contributed by atoms with van der Waals surface area (Å²) in [5.74, 6) is -0.680. The Morgan fingerprint density at radius 1 is 1.33 bits per heavy atom. The molecule has 0 aliphatic carbocycles. The number of nitrogens with one attached hydrogen (secondary N) is 1. The van der Waals surface area contributed by atoms with Crippen LogP contribution in [-0.2, 0) is 11.3 Å². The molecule has 0 radical (unpaired) electrons. The van der Waals surface area contributed by atoms with Crippen LogP contribution in [0.4, 0.5) is 4.39 Å². The van der Waals surface area contributed by atoms with Crippen LogP contribution >= 0.6 is 0 Å². The Kier molecular flexibility index (Phi) is 4.19. The van der Waals surface area contributed by atoms with Crippen molar-refractivity contribution in [2.24, 2.45) is 0 Å². The normalized spacial score (nSPS) is 10.7. The highest BCUT2D eigenvalue weighted by Gasteiger charge is 2.13.